The minimum atomic E-state index is -4.03. The van der Waals surface area contributed by atoms with Gasteiger partial charge in [-0.15, -0.1) is 0 Å². The summed E-state index contributed by atoms with van der Waals surface area (Å²) in [7, 11) is -4.03. The fourth-order valence-corrected chi connectivity index (χ4v) is 5.18. The van der Waals surface area contributed by atoms with Gasteiger partial charge in [-0.05, 0) is 76.4 Å². The molecule has 0 radical (unpaired) electrons. The molecule has 1 atom stereocenters. The minimum absolute atomic E-state index is 0.170. The molecule has 2 N–H and O–H groups in total. The molecule has 0 spiro atoms. The molecule has 10 heteroatoms. The van der Waals surface area contributed by atoms with Gasteiger partial charge in [-0.25, -0.2) is 8.42 Å². The van der Waals surface area contributed by atoms with Gasteiger partial charge in [0.25, 0.3) is 21.6 Å². The summed E-state index contributed by atoms with van der Waals surface area (Å²) in [5, 5.41) is 14.1. The number of anilines is 1. The molecule has 1 heterocycles. The Bertz CT molecular complexity index is 1160. The SMILES string of the molecule is Cc1ccc(S(=O)(=O)Nc2ccc(C(=O)NCC(C)(C)N3CCCC(C)C3)cc2)cc1[N+](=O)[O-]. The lowest BCUT2D eigenvalue weighted by Crippen LogP contribution is -2.54. The number of sulfonamides is 1. The Morgan fingerprint density at radius 3 is 2.50 bits per heavy atom. The van der Waals surface area contributed by atoms with Crippen LogP contribution in [0.1, 0.15) is 49.5 Å². The van der Waals surface area contributed by atoms with Crippen LogP contribution in [-0.2, 0) is 10.0 Å². The van der Waals surface area contributed by atoms with Gasteiger partial charge in [0.15, 0.2) is 0 Å². The van der Waals surface area contributed by atoms with Crippen LogP contribution in [-0.4, -0.2) is 49.3 Å². The molecule has 184 valence electrons. The van der Waals surface area contributed by atoms with E-state index in [-0.39, 0.29) is 27.7 Å². The molecule has 0 aliphatic carbocycles. The topological polar surface area (TPSA) is 122 Å². The highest BCUT2D eigenvalue weighted by molar-refractivity contribution is 7.92. The molecule has 0 bridgehead atoms. The van der Waals surface area contributed by atoms with Gasteiger partial charge in [-0.3, -0.25) is 24.5 Å². The molecule has 1 amide bonds. The summed E-state index contributed by atoms with van der Waals surface area (Å²) in [6, 6.07) is 9.81. The Hall–Kier alpha value is -2.98. The van der Waals surface area contributed by atoms with Crippen LogP contribution in [0.4, 0.5) is 11.4 Å². The Kier molecular flexibility index (Phi) is 7.62. The van der Waals surface area contributed by atoms with Gasteiger partial charge in [0.1, 0.15) is 0 Å². The maximum absolute atomic E-state index is 12.7. The maximum atomic E-state index is 12.7. The summed E-state index contributed by atoms with van der Waals surface area (Å²) in [5.41, 5.74) is 0.601. The lowest BCUT2D eigenvalue weighted by molar-refractivity contribution is -0.385. The van der Waals surface area contributed by atoms with E-state index in [0.717, 1.165) is 25.6 Å². The molecule has 0 aromatic heterocycles. The number of rotatable bonds is 8. The summed E-state index contributed by atoms with van der Waals surface area (Å²) in [6.07, 6.45) is 2.39. The van der Waals surface area contributed by atoms with Crippen molar-refractivity contribution in [3.63, 3.8) is 0 Å². The fourth-order valence-electron chi connectivity index (χ4n) is 4.11. The Morgan fingerprint density at radius 2 is 1.88 bits per heavy atom. The number of aryl methyl sites for hydroxylation is 1. The van der Waals surface area contributed by atoms with Crippen molar-refractivity contribution in [2.24, 2.45) is 5.92 Å². The van der Waals surface area contributed by atoms with Gasteiger partial charge in [0, 0.05) is 41.5 Å². The molecule has 1 aliphatic heterocycles. The number of nitrogens with zero attached hydrogens (tertiary/aromatic N) is 2. The molecule has 1 fully saturated rings. The first-order chi connectivity index (χ1) is 15.9. The highest BCUT2D eigenvalue weighted by atomic mass is 32.2. The summed E-state index contributed by atoms with van der Waals surface area (Å²) in [4.78, 5) is 25.4. The predicted octanol–water partition coefficient (Wildman–Crippen LogP) is 3.94. The van der Waals surface area contributed by atoms with Gasteiger partial charge in [-0.1, -0.05) is 13.0 Å². The first-order valence-corrected chi connectivity index (χ1v) is 12.8. The van der Waals surface area contributed by atoms with Gasteiger partial charge >= 0.3 is 0 Å². The highest BCUT2D eigenvalue weighted by Crippen LogP contribution is 2.25. The molecule has 34 heavy (non-hydrogen) atoms. The molecule has 1 unspecified atom stereocenters. The van der Waals surface area contributed by atoms with E-state index in [9.17, 15) is 23.3 Å². The van der Waals surface area contributed by atoms with E-state index < -0.39 is 14.9 Å². The van der Waals surface area contributed by atoms with E-state index in [1.807, 2.05) is 0 Å². The van der Waals surface area contributed by atoms with Crippen molar-refractivity contribution in [3.05, 3.63) is 63.7 Å². The van der Waals surface area contributed by atoms with Crippen LogP contribution in [0.3, 0.4) is 0 Å². The number of nitro groups is 1. The summed E-state index contributed by atoms with van der Waals surface area (Å²) in [5.74, 6) is 0.410. The molecule has 0 saturated carbocycles. The number of carbonyl (C=O) groups excluding carboxylic acids is 1. The number of likely N-dealkylation sites (tertiary alicyclic amines) is 1. The standard InChI is InChI=1S/C24H32N4O5S/c1-17-6-5-13-27(15-17)24(3,4)16-25-23(29)19-8-10-20(11-9-19)26-34(32,33)21-12-7-18(2)22(14-21)28(30)31/h7-12,14,17,26H,5-6,13,15-16H2,1-4H3,(H,25,29). The Morgan fingerprint density at radius 1 is 1.21 bits per heavy atom. The van der Waals surface area contributed by atoms with Gasteiger partial charge in [0.05, 0.1) is 9.82 Å². The van der Waals surface area contributed by atoms with Crippen molar-refractivity contribution < 1.29 is 18.1 Å². The van der Waals surface area contributed by atoms with E-state index in [1.165, 1.54) is 30.7 Å². The van der Waals surface area contributed by atoms with Gasteiger partial charge < -0.3 is 5.32 Å². The Labute approximate surface area is 200 Å². The van der Waals surface area contributed by atoms with Crippen LogP contribution in [0.25, 0.3) is 0 Å². The van der Waals surface area contributed by atoms with Crippen molar-refractivity contribution in [3.8, 4) is 0 Å². The number of nitro benzene ring substituents is 1. The largest absolute Gasteiger partial charge is 0.350 e. The molecule has 9 nitrogen and oxygen atoms in total. The number of hydrogen-bond acceptors (Lipinski definition) is 6. The van der Waals surface area contributed by atoms with E-state index in [4.69, 9.17) is 0 Å². The smallest absolute Gasteiger partial charge is 0.273 e. The lowest BCUT2D eigenvalue weighted by atomic mass is 9.93. The third-order valence-corrected chi connectivity index (χ3v) is 7.66. The summed E-state index contributed by atoms with van der Waals surface area (Å²) in [6.45, 7) is 10.6. The first kappa shape index (κ1) is 25.6. The summed E-state index contributed by atoms with van der Waals surface area (Å²) >= 11 is 0. The molecular weight excluding hydrogens is 456 g/mol. The van der Waals surface area contributed by atoms with Crippen molar-refractivity contribution in [1.82, 2.24) is 10.2 Å². The number of carbonyl (C=O) groups is 1. The quantitative estimate of drug-likeness (QED) is 0.429. The number of piperidine rings is 1. The van der Waals surface area contributed by atoms with Crippen molar-refractivity contribution in [2.75, 3.05) is 24.4 Å². The third kappa shape index (κ3) is 6.12. The average molecular weight is 489 g/mol. The molecule has 3 rings (SSSR count). The molecule has 1 saturated heterocycles. The van der Waals surface area contributed by atoms with Crippen LogP contribution >= 0.6 is 0 Å². The number of amides is 1. The van der Waals surface area contributed by atoms with Gasteiger partial charge in [0.2, 0.25) is 0 Å². The Balaban J connectivity index is 1.64. The van der Waals surface area contributed by atoms with E-state index >= 15 is 0 Å². The zero-order valence-electron chi connectivity index (χ0n) is 20.0. The van der Waals surface area contributed by atoms with Crippen LogP contribution < -0.4 is 10.0 Å². The second kappa shape index (κ2) is 10.1. The second-order valence-corrected chi connectivity index (χ2v) is 11.3. The van der Waals surface area contributed by atoms with E-state index in [1.54, 1.807) is 19.1 Å². The highest BCUT2D eigenvalue weighted by Gasteiger charge is 2.30. The van der Waals surface area contributed by atoms with Crippen LogP contribution in [0.15, 0.2) is 47.4 Å². The fraction of sp³-hybridized carbons (Fsp3) is 0.458. The number of benzene rings is 2. The molecule has 1 aliphatic rings. The zero-order chi connectivity index (χ0) is 25.1. The first-order valence-electron chi connectivity index (χ1n) is 11.3. The second-order valence-electron chi connectivity index (χ2n) is 9.58. The van der Waals surface area contributed by atoms with Crippen molar-refractivity contribution in [1.29, 1.82) is 0 Å². The van der Waals surface area contributed by atoms with E-state index in [2.05, 4.69) is 35.7 Å². The minimum Gasteiger partial charge on any atom is -0.350 e. The van der Waals surface area contributed by atoms with Crippen LogP contribution in [0.5, 0.6) is 0 Å². The van der Waals surface area contributed by atoms with Crippen molar-refractivity contribution >= 4 is 27.3 Å². The van der Waals surface area contributed by atoms with Crippen LogP contribution in [0, 0.1) is 23.0 Å². The molecular formula is C24H32N4O5S. The number of nitrogens with one attached hydrogen (secondary N) is 2. The van der Waals surface area contributed by atoms with E-state index in [0.29, 0.717) is 23.6 Å². The zero-order valence-corrected chi connectivity index (χ0v) is 20.8. The average Bonchev–Trinajstić information content (AvgIpc) is 2.77. The maximum Gasteiger partial charge on any atom is 0.273 e. The number of hydrogen-bond donors (Lipinski definition) is 2. The summed E-state index contributed by atoms with van der Waals surface area (Å²) < 4.78 is 27.8. The predicted molar refractivity (Wildman–Crippen MR) is 131 cm³/mol. The normalized spacial score (nSPS) is 17.2. The van der Waals surface area contributed by atoms with Gasteiger partial charge in [-0.2, -0.15) is 0 Å². The monoisotopic (exact) mass is 488 g/mol. The third-order valence-electron chi connectivity index (χ3n) is 6.28. The molecule has 2 aromatic rings. The molecule has 2 aromatic carbocycles. The lowest BCUT2D eigenvalue weighted by Gasteiger charge is -2.43. The van der Waals surface area contributed by atoms with Crippen LogP contribution in [0.2, 0.25) is 0 Å². The van der Waals surface area contributed by atoms with Crippen molar-refractivity contribution in [2.45, 2.75) is 51.0 Å².